The number of para-hydroxylation sites is 1. The highest BCUT2D eigenvalue weighted by atomic mass is 16.3. The number of aryl methyl sites for hydroxylation is 1. The van der Waals surface area contributed by atoms with Gasteiger partial charge in [-0.2, -0.15) is 0 Å². The zero-order chi connectivity index (χ0) is 16.1. The first-order chi connectivity index (χ1) is 10.6. The van der Waals surface area contributed by atoms with Crippen molar-refractivity contribution >= 4 is 16.8 Å². The van der Waals surface area contributed by atoms with Gasteiger partial charge in [-0.1, -0.05) is 44.9 Å². The molecule has 1 amide bonds. The van der Waals surface area contributed by atoms with Crippen molar-refractivity contribution in [2.75, 3.05) is 6.54 Å². The van der Waals surface area contributed by atoms with Crippen LogP contribution in [0.5, 0.6) is 0 Å². The zero-order valence-electron chi connectivity index (χ0n) is 13.6. The number of carbonyl (C=O) groups excluding carboxylic acids is 1. The summed E-state index contributed by atoms with van der Waals surface area (Å²) in [5.74, 6) is 0.198. The number of aromatic nitrogens is 1. The maximum absolute atomic E-state index is 12.1. The van der Waals surface area contributed by atoms with Crippen LogP contribution in [0.1, 0.15) is 37.8 Å². The second-order valence-corrected chi connectivity index (χ2v) is 5.94. The van der Waals surface area contributed by atoms with E-state index in [4.69, 9.17) is 0 Å². The molecule has 0 saturated heterocycles. The van der Waals surface area contributed by atoms with E-state index < -0.39 is 6.10 Å². The van der Waals surface area contributed by atoms with Gasteiger partial charge in [-0.05, 0) is 24.0 Å². The molecule has 4 nitrogen and oxygen atoms in total. The lowest BCUT2D eigenvalue weighted by molar-refractivity contribution is -0.121. The van der Waals surface area contributed by atoms with E-state index in [0.717, 1.165) is 29.3 Å². The number of hydrogen-bond acceptors (Lipinski definition) is 2. The summed E-state index contributed by atoms with van der Waals surface area (Å²) in [6, 6.07) is 6.08. The summed E-state index contributed by atoms with van der Waals surface area (Å²) in [7, 11) is 0. The van der Waals surface area contributed by atoms with Crippen molar-refractivity contribution in [2.24, 2.45) is 5.92 Å². The summed E-state index contributed by atoms with van der Waals surface area (Å²) in [5, 5.41) is 14.0. The highest BCUT2D eigenvalue weighted by molar-refractivity contribution is 5.90. The van der Waals surface area contributed by atoms with Gasteiger partial charge in [-0.3, -0.25) is 4.79 Å². The lowest BCUT2D eigenvalue weighted by Crippen LogP contribution is -2.36. The number of amides is 1. The molecule has 1 aromatic carbocycles. The van der Waals surface area contributed by atoms with Crippen LogP contribution in [-0.2, 0) is 11.2 Å². The molecule has 120 valence electrons. The van der Waals surface area contributed by atoms with Crippen LogP contribution < -0.4 is 5.32 Å². The van der Waals surface area contributed by atoms with E-state index in [1.165, 1.54) is 5.56 Å². The second kappa shape index (κ2) is 7.45. The maximum atomic E-state index is 12.1. The third kappa shape index (κ3) is 3.69. The fraction of sp³-hybridized carbons (Fsp3) is 0.500. The Balaban J connectivity index is 1.95. The van der Waals surface area contributed by atoms with E-state index in [0.29, 0.717) is 13.0 Å². The van der Waals surface area contributed by atoms with Crippen molar-refractivity contribution in [2.45, 2.75) is 46.1 Å². The number of benzene rings is 1. The predicted octanol–water partition coefficient (Wildman–Crippen LogP) is 2.93. The van der Waals surface area contributed by atoms with Crippen molar-refractivity contribution in [1.29, 1.82) is 0 Å². The van der Waals surface area contributed by atoms with Crippen LogP contribution in [0.3, 0.4) is 0 Å². The van der Waals surface area contributed by atoms with Crippen molar-refractivity contribution in [3.8, 4) is 0 Å². The minimum atomic E-state index is -0.468. The van der Waals surface area contributed by atoms with Crippen molar-refractivity contribution < 1.29 is 9.90 Å². The SMILES string of the molecule is CCC(CC)C(O)CNC(=O)Cc1c[nH]c2c(C)cccc12. The number of rotatable bonds is 7. The van der Waals surface area contributed by atoms with Gasteiger partial charge < -0.3 is 15.4 Å². The van der Waals surface area contributed by atoms with Crippen molar-refractivity contribution in [1.82, 2.24) is 10.3 Å². The molecule has 0 aliphatic heterocycles. The van der Waals surface area contributed by atoms with Gasteiger partial charge in [0.2, 0.25) is 5.91 Å². The Morgan fingerprint density at radius 2 is 2.05 bits per heavy atom. The van der Waals surface area contributed by atoms with Crippen LogP contribution in [-0.4, -0.2) is 28.6 Å². The number of hydrogen-bond donors (Lipinski definition) is 3. The summed E-state index contributed by atoms with van der Waals surface area (Å²) in [5.41, 5.74) is 3.25. The van der Waals surface area contributed by atoms with Crippen LogP contribution in [0.2, 0.25) is 0 Å². The molecule has 0 fully saturated rings. The third-order valence-electron chi connectivity index (χ3n) is 4.46. The van der Waals surface area contributed by atoms with E-state index in [9.17, 15) is 9.90 Å². The first-order valence-corrected chi connectivity index (χ1v) is 8.07. The molecule has 0 aliphatic carbocycles. The number of aliphatic hydroxyl groups is 1. The first-order valence-electron chi connectivity index (χ1n) is 8.07. The quantitative estimate of drug-likeness (QED) is 0.736. The van der Waals surface area contributed by atoms with Gasteiger partial charge in [0.25, 0.3) is 0 Å². The van der Waals surface area contributed by atoms with E-state index in [-0.39, 0.29) is 11.8 Å². The molecule has 1 aromatic heterocycles. The van der Waals surface area contributed by atoms with Crippen LogP contribution in [0, 0.1) is 12.8 Å². The van der Waals surface area contributed by atoms with Crippen LogP contribution >= 0.6 is 0 Å². The molecule has 1 heterocycles. The molecule has 0 saturated carbocycles. The molecule has 0 aliphatic rings. The topological polar surface area (TPSA) is 65.1 Å². The van der Waals surface area contributed by atoms with Gasteiger partial charge in [-0.25, -0.2) is 0 Å². The number of carbonyl (C=O) groups is 1. The molecule has 0 bridgehead atoms. The average molecular weight is 302 g/mol. The van der Waals surface area contributed by atoms with Gasteiger partial charge in [-0.15, -0.1) is 0 Å². The number of aliphatic hydroxyl groups excluding tert-OH is 1. The van der Waals surface area contributed by atoms with Gasteiger partial charge in [0.15, 0.2) is 0 Å². The smallest absolute Gasteiger partial charge is 0.224 e. The van der Waals surface area contributed by atoms with Crippen LogP contribution in [0.25, 0.3) is 10.9 Å². The largest absolute Gasteiger partial charge is 0.391 e. The van der Waals surface area contributed by atoms with Gasteiger partial charge >= 0.3 is 0 Å². The lowest BCUT2D eigenvalue weighted by atomic mass is 9.96. The van der Waals surface area contributed by atoms with E-state index in [1.807, 2.05) is 18.3 Å². The summed E-state index contributed by atoms with van der Waals surface area (Å²) in [6.07, 6.45) is 3.61. The third-order valence-corrected chi connectivity index (χ3v) is 4.46. The standard InChI is InChI=1S/C18H26N2O2/c1-4-13(5-2)16(21)11-19-17(22)9-14-10-20-18-12(3)7-6-8-15(14)18/h6-8,10,13,16,20-21H,4-5,9,11H2,1-3H3,(H,19,22). The highest BCUT2D eigenvalue weighted by Gasteiger charge is 2.17. The van der Waals surface area contributed by atoms with Crippen LogP contribution in [0.15, 0.2) is 24.4 Å². The zero-order valence-corrected chi connectivity index (χ0v) is 13.6. The first kappa shape index (κ1) is 16.6. The Kier molecular flexibility index (Phi) is 5.61. The Morgan fingerprint density at radius 3 is 2.73 bits per heavy atom. The fourth-order valence-corrected chi connectivity index (χ4v) is 2.96. The van der Waals surface area contributed by atoms with Gasteiger partial charge in [0, 0.05) is 23.6 Å². The Hall–Kier alpha value is -1.81. The number of H-pyrrole nitrogens is 1. The van der Waals surface area contributed by atoms with Crippen molar-refractivity contribution in [3.05, 3.63) is 35.5 Å². The Labute approximate surface area is 131 Å². The molecule has 2 rings (SSSR count). The van der Waals surface area contributed by atoms with Gasteiger partial charge in [0.05, 0.1) is 12.5 Å². The highest BCUT2D eigenvalue weighted by Crippen LogP contribution is 2.21. The summed E-state index contributed by atoms with van der Waals surface area (Å²) < 4.78 is 0. The molecule has 0 radical (unpaired) electrons. The Bertz CT molecular complexity index is 629. The molecule has 1 atom stereocenters. The fourth-order valence-electron chi connectivity index (χ4n) is 2.96. The lowest BCUT2D eigenvalue weighted by Gasteiger charge is -2.20. The minimum absolute atomic E-state index is 0.0487. The Morgan fingerprint density at radius 1 is 1.32 bits per heavy atom. The molecular weight excluding hydrogens is 276 g/mol. The average Bonchev–Trinajstić information content (AvgIpc) is 2.91. The van der Waals surface area contributed by atoms with E-state index in [2.05, 4.69) is 37.1 Å². The molecule has 1 unspecified atom stereocenters. The molecule has 22 heavy (non-hydrogen) atoms. The van der Waals surface area contributed by atoms with E-state index >= 15 is 0 Å². The molecular formula is C18H26N2O2. The summed E-state index contributed by atoms with van der Waals surface area (Å²) in [4.78, 5) is 15.3. The van der Waals surface area contributed by atoms with Crippen molar-refractivity contribution in [3.63, 3.8) is 0 Å². The molecule has 4 heteroatoms. The maximum Gasteiger partial charge on any atom is 0.224 e. The normalized spacial score (nSPS) is 12.8. The number of nitrogens with one attached hydrogen (secondary N) is 2. The van der Waals surface area contributed by atoms with E-state index in [1.54, 1.807) is 0 Å². The molecule has 3 N–H and O–H groups in total. The summed E-state index contributed by atoms with van der Waals surface area (Å²) >= 11 is 0. The monoisotopic (exact) mass is 302 g/mol. The molecule has 0 spiro atoms. The van der Waals surface area contributed by atoms with Gasteiger partial charge in [0.1, 0.15) is 0 Å². The number of fused-ring (bicyclic) bond motifs is 1. The minimum Gasteiger partial charge on any atom is -0.391 e. The van der Waals surface area contributed by atoms with Crippen LogP contribution in [0.4, 0.5) is 0 Å². The second-order valence-electron chi connectivity index (χ2n) is 5.94. The summed E-state index contributed by atoms with van der Waals surface area (Å²) in [6.45, 7) is 6.50. The predicted molar refractivity (Wildman–Crippen MR) is 89.8 cm³/mol. The molecule has 2 aromatic rings. The number of aromatic amines is 1.